The van der Waals surface area contributed by atoms with Crippen LogP contribution in [-0.2, 0) is 4.79 Å². The van der Waals surface area contributed by atoms with Crippen molar-refractivity contribution in [2.75, 3.05) is 27.3 Å². The predicted molar refractivity (Wildman–Crippen MR) is 134 cm³/mol. The number of ether oxygens (including phenoxy) is 2. The number of carbonyl (C=O) groups excluding carboxylic acids is 3. The third-order valence-corrected chi connectivity index (χ3v) is 7.14. The van der Waals surface area contributed by atoms with E-state index in [1.54, 1.807) is 43.5 Å². The Morgan fingerprint density at radius 2 is 1.47 bits per heavy atom. The molecule has 36 heavy (non-hydrogen) atoms. The van der Waals surface area contributed by atoms with E-state index in [-0.39, 0.29) is 29.6 Å². The first kappa shape index (κ1) is 23.8. The molecule has 8 nitrogen and oxygen atoms in total. The van der Waals surface area contributed by atoms with Gasteiger partial charge >= 0.3 is 0 Å². The molecule has 2 aliphatic heterocycles. The summed E-state index contributed by atoms with van der Waals surface area (Å²) in [6.45, 7) is 0.737. The highest BCUT2D eigenvalue weighted by Crippen LogP contribution is 2.37. The Hall–Kier alpha value is -3.94. The van der Waals surface area contributed by atoms with Crippen LogP contribution >= 0.6 is 0 Å². The summed E-state index contributed by atoms with van der Waals surface area (Å²) in [6.07, 6.45) is 6.83. The second-order valence-corrected chi connectivity index (χ2v) is 9.19. The molecule has 0 unspecified atom stereocenters. The van der Waals surface area contributed by atoms with Gasteiger partial charge in [-0.3, -0.25) is 19.3 Å². The monoisotopic (exact) mass is 487 g/mol. The Kier molecular flexibility index (Phi) is 6.59. The molecule has 1 aliphatic carbocycles. The number of allylic oxidation sites excluding steroid dienone is 2. The minimum absolute atomic E-state index is 0.00944. The summed E-state index contributed by atoms with van der Waals surface area (Å²) in [5.74, 6) is 0.616. The summed E-state index contributed by atoms with van der Waals surface area (Å²) >= 11 is 0. The van der Waals surface area contributed by atoms with Crippen LogP contribution in [0.15, 0.2) is 59.7 Å². The number of fused-ring (bicyclic) bond motifs is 2. The highest BCUT2D eigenvalue weighted by atomic mass is 16.5. The molecule has 0 fully saturated rings. The van der Waals surface area contributed by atoms with Crippen LogP contribution in [-0.4, -0.2) is 60.7 Å². The van der Waals surface area contributed by atoms with E-state index in [0.29, 0.717) is 55.0 Å². The van der Waals surface area contributed by atoms with Crippen LogP contribution in [0.25, 0.3) is 0 Å². The zero-order valence-electron chi connectivity index (χ0n) is 20.5. The van der Waals surface area contributed by atoms with Crippen LogP contribution in [0, 0.1) is 11.8 Å². The maximum absolute atomic E-state index is 13.3. The van der Waals surface area contributed by atoms with E-state index in [9.17, 15) is 14.4 Å². The van der Waals surface area contributed by atoms with Gasteiger partial charge in [0, 0.05) is 24.6 Å². The van der Waals surface area contributed by atoms with Crippen molar-refractivity contribution in [1.82, 2.24) is 9.91 Å². The third kappa shape index (κ3) is 4.17. The van der Waals surface area contributed by atoms with Crippen LogP contribution in [0.2, 0.25) is 0 Å². The summed E-state index contributed by atoms with van der Waals surface area (Å²) in [5.41, 5.74) is 2.68. The Bertz CT molecular complexity index is 1230. The topological polar surface area (TPSA) is 88.5 Å². The van der Waals surface area contributed by atoms with Crippen molar-refractivity contribution < 1.29 is 23.9 Å². The van der Waals surface area contributed by atoms with Crippen molar-refractivity contribution in [1.29, 1.82) is 0 Å². The number of unbranched alkanes of at least 4 members (excludes halogenated alkanes) is 1. The van der Waals surface area contributed by atoms with E-state index >= 15 is 0 Å². The summed E-state index contributed by atoms with van der Waals surface area (Å²) in [4.78, 5) is 39.8. The van der Waals surface area contributed by atoms with Crippen LogP contribution in [0.3, 0.4) is 0 Å². The largest absolute Gasteiger partial charge is 0.493 e. The van der Waals surface area contributed by atoms with Crippen molar-refractivity contribution in [3.05, 3.63) is 71.3 Å². The van der Waals surface area contributed by atoms with E-state index in [4.69, 9.17) is 14.6 Å². The molecule has 3 aliphatic rings. The number of amides is 3. The van der Waals surface area contributed by atoms with Crippen molar-refractivity contribution >= 4 is 23.4 Å². The molecule has 2 heterocycles. The molecule has 0 saturated carbocycles. The van der Waals surface area contributed by atoms with Gasteiger partial charge in [0.25, 0.3) is 11.8 Å². The van der Waals surface area contributed by atoms with E-state index in [1.807, 2.05) is 18.2 Å². The number of hydrogen-bond acceptors (Lipinski definition) is 6. The molecular formula is C28H29N3O5. The summed E-state index contributed by atoms with van der Waals surface area (Å²) in [6, 6.07) is 12.6. The second-order valence-electron chi connectivity index (χ2n) is 9.19. The Morgan fingerprint density at radius 3 is 2.14 bits per heavy atom. The number of nitrogens with zero attached hydrogens (tertiary/aromatic N) is 3. The van der Waals surface area contributed by atoms with Crippen molar-refractivity contribution in [3.63, 3.8) is 0 Å². The fourth-order valence-corrected chi connectivity index (χ4v) is 5.24. The summed E-state index contributed by atoms with van der Waals surface area (Å²) in [7, 11) is 3.20. The van der Waals surface area contributed by atoms with Gasteiger partial charge in [-0.05, 0) is 56.0 Å². The molecule has 0 saturated heterocycles. The van der Waals surface area contributed by atoms with E-state index in [0.717, 1.165) is 17.7 Å². The van der Waals surface area contributed by atoms with Gasteiger partial charge in [0.2, 0.25) is 5.91 Å². The minimum Gasteiger partial charge on any atom is -0.493 e. The van der Waals surface area contributed by atoms with Gasteiger partial charge in [-0.15, -0.1) is 0 Å². The van der Waals surface area contributed by atoms with Gasteiger partial charge in [-0.2, -0.15) is 5.10 Å². The highest BCUT2D eigenvalue weighted by molar-refractivity contribution is 6.21. The maximum atomic E-state index is 13.3. The number of methoxy groups -OCH3 is 2. The summed E-state index contributed by atoms with van der Waals surface area (Å²) < 4.78 is 10.9. The maximum Gasteiger partial charge on any atom is 0.261 e. The number of carbonyl (C=O) groups is 3. The lowest BCUT2D eigenvalue weighted by molar-refractivity contribution is -0.137. The first-order valence-electron chi connectivity index (χ1n) is 12.3. The standard InChI is InChI=1S/C28H29N3O5/c1-35-23-14-13-18(17-24(23)36-2)25-19-9-3-4-10-20(19)28(34)31(29-25)16-8-7-15-30-26(32)21-11-5-6-12-22(21)27(30)33/h3-6,11-14,17,19-20H,7-10,15-16H2,1-2H3/t19-,20+/m0/s1. The number of hydrogen-bond donors (Lipinski definition) is 0. The Balaban J connectivity index is 1.30. The normalized spacial score (nSPS) is 20.8. The molecule has 3 amide bonds. The quantitative estimate of drug-likeness (QED) is 0.320. The predicted octanol–water partition coefficient (Wildman–Crippen LogP) is 3.91. The van der Waals surface area contributed by atoms with Gasteiger partial charge < -0.3 is 9.47 Å². The van der Waals surface area contributed by atoms with Gasteiger partial charge in [0.05, 0.1) is 37.0 Å². The third-order valence-electron chi connectivity index (χ3n) is 7.14. The van der Waals surface area contributed by atoms with Crippen molar-refractivity contribution in [2.45, 2.75) is 25.7 Å². The Morgan fingerprint density at radius 1 is 0.833 bits per heavy atom. The minimum atomic E-state index is -0.254. The SMILES string of the molecule is COc1ccc(C2=NN(CCCCN3C(=O)c4ccccc4C3=O)C(=O)[C@@H]3CC=CC[C@H]23)cc1OC. The molecule has 2 aromatic carbocycles. The Labute approximate surface area is 210 Å². The first-order chi connectivity index (χ1) is 17.5. The number of imide groups is 1. The molecule has 0 N–H and O–H groups in total. The van der Waals surface area contributed by atoms with Gasteiger partial charge in [0.1, 0.15) is 0 Å². The molecule has 5 rings (SSSR count). The second kappa shape index (κ2) is 9.97. The van der Waals surface area contributed by atoms with Crippen molar-refractivity contribution in [3.8, 4) is 11.5 Å². The molecular weight excluding hydrogens is 458 g/mol. The first-order valence-corrected chi connectivity index (χ1v) is 12.3. The lowest BCUT2D eigenvalue weighted by Crippen LogP contribution is -2.45. The molecule has 0 radical (unpaired) electrons. The van der Waals surface area contributed by atoms with Crippen LogP contribution < -0.4 is 9.47 Å². The van der Waals surface area contributed by atoms with Crippen LogP contribution in [0.5, 0.6) is 11.5 Å². The van der Waals surface area contributed by atoms with Gasteiger partial charge in [-0.1, -0.05) is 24.3 Å². The molecule has 0 spiro atoms. The number of rotatable bonds is 8. The van der Waals surface area contributed by atoms with Crippen LogP contribution in [0.4, 0.5) is 0 Å². The van der Waals surface area contributed by atoms with E-state index in [2.05, 4.69) is 12.2 Å². The van der Waals surface area contributed by atoms with E-state index < -0.39 is 0 Å². The van der Waals surface area contributed by atoms with Crippen LogP contribution in [0.1, 0.15) is 52.0 Å². The average molecular weight is 488 g/mol. The van der Waals surface area contributed by atoms with Crippen molar-refractivity contribution in [2.24, 2.45) is 16.9 Å². The molecule has 8 heteroatoms. The summed E-state index contributed by atoms with van der Waals surface area (Å²) in [5, 5.41) is 6.37. The number of hydrazone groups is 1. The average Bonchev–Trinajstić information content (AvgIpc) is 3.16. The molecule has 186 valence electrons. The lowest BCUT2D eigenvalue weighted by Gasteiger charge is -2.37. The molecule has 2 atom stereocenters. The molecule has 2 aromatic rings. The van der Waals surface area contributed by atoms with E-state index in [1.165, 1.54) is 4.90 Å². The van der Waals surface area contributed by atoms with Gasteiger partial charge in [-0.25, -0.2) is 5.01 Å². The zero-order valence-corrected chi connectivity index (χ0v) is 20.5. The fraction of sp³-hybridized carbons (Fsp3) is 0.357. The smallest absolute Gasteiger partial charge is 0.261 e. The zero-order chi connectivity index (χ0) is 25.2. The fourth-order valence-electron chi connectivity index (χ4n) is 5.24. The van der Waals surface area contributed by atoms with Gasteiger partial charge in [0.15, 0.2) is 11.5 Å². The molecule has 0 bridgehead atoms. The lowest BCUT2D eigenvalue weighted by atomic mass is 9.76. The molecule has 0 aromatic heterocycles. The highest BCUT2D eigenvalue weighted by Gasteiger charge is 2.40. The number of benzene rings is 2.